The highest BCUT2D eigenvalue weighted by Gasteiger charge is 2.24. The molecule has 0 bridgehead atoms. The number of amides is 1. The number of likely N-dealkylation sites (tertiary alicyclic amines) is 1. The first-order chi connectivity index (χ1) is 10.2. The SMILES string of the molecule is NCC1CCCCN1C(=O)CCCOc1ccccc1Br. The number of halogens is 1. The van der Waals surface area contributed by atoms with Crippen LogP contribution in [-0.2, 0) is 4.79 Å². The van der Waals surface area contributed by atoms with Gasteiger partial charge in [-0.3, -0.25) is 4.79 Å². The lowest BCUT2D eigenvalue weighted by Gasteiger charge is -2.35. The first kappa shape index (κ1) is 16.3. The van der Waals surface area contributed by atoms with Gasteiger partial charge in [-0.2, -0.15) is 0 Å². The first-order valence-corrected chi connectivity index (χ1v) is 8.38. The van der Waals surface area contributed by atoms with Gasteiger partial charge in [0.1, 0.15) is 5.75 Å². The van der Waals surface area contributed by atoms with Crippen LogP contribution in [0.15, 0.2) is 28.7 Å². The maximum atomic E-state index is 12.3. The zero-order valence-electron chi connectivity index (χ0n) is 12.3. The normalized spacial score (nSPS) is 18.6. The molecule has 0 aromatic heterocycles. The number of carbonyl (C=O) groups is 1. The minimum atomic E-state index is 0.209. The molecule has 0 aliphatic carbocycles. The van der Waals surface area contributed by atoms with Crippen molar-refractivity contribution in [3.63, 3.8) is 0 Å². The van der Waals surface area contributed by atoms with Gasteiger partial charge in [-0.25, -0.2) is 0 Å². The lowest BCUT2D eigenvalue weighted by molar-refractivity contribution is -0.134. The van der Waals surface area contributed by atoms with E-state index in [2.05, 4.69) is 15.9 Å². The van der Waals surface area contributed by atoms with Crippen LogP contribution in [0.3, 0.4) is 0 Å². The Hall–Kier alpha value is -1.07. The van der Waals surface area contributed by atoms with E-state index in [1.54, 1.807) is 0 Å². The van der Waals surface area contributed by atoms with Gasteiger partial charge in [-0.05, 0) is 53.7 Å². The van der Waals surface area contributed by atoms with Crippen molar-refractivity contribution in [2.45, 2.75) is 38.1 Å². The highest BCUT2D eigenvalue weighted by Crippen LogP contribution is 2.24. The standard InChI is InChI=1S/C16H23BrN2O2/c17-14-7-1-2-8-15(14)21-11-5-9-16(20)19-10-4-3-6-13(19)12-18/h1-2,7-8,13H,3-6,9-12,18H2. The Morgan fingerprint density at radius 2 is 2.19 bits per heavy atom. The van der Waals surface area contributed by atoms with Crippen LogP contribution in [0.2, 0.25) is 0 Å². The van der Waals surface area contributed by atoms with Gasteiger partial charge in [-0.1, -0.05) is 12.1 Å². The van der Waals surface area contributed by atoms with Gasteiger partial charge in [0.2, 0.25) is 5.91 Å². The summed E-state index contributed by atoms with van der Waals surface area (Å²) in [4.78, 5) is 14.2. The number of rotatable bonds is 6. The summed E-state index contributed by atoms with van der Waals surface area (Å²) in [5.41, 5.74) is 5.76. The summed E-state index contributed by atoms with van der Waals surface area (Å²) >= 11 is 3.44. The number of hydrogen-bond donors (Lipinski definition) is 1. The van der Waals surface area contributed by atoms with Gasteiger partial charge in [0.15, 0.2) is 0 Å². The Morgan fingerprint density at radius 3 is 2.95 bits per heavy atom. The zero-order chi connectivity index (χ0) is 15.1. The molecular weight excluding hydrogens is 332 g/mol. The molecule has 1 amide bonds. The Balaban J connectivity index is 1.73. The Labute approximate surface area is 134 Å². The molecule has 1 fully saturated rings. The molecule has 1 heterocycles. The van der Waals surface area contributed by atoms with Crippen LogP contribution in [0.1, 0.15) is 32.1 Å². The molecule has 1 unspecified atom stereocenters. The maximum absolute atomic E-state index is 12.3. The number of nitrogens with two attached hydrogens (primary N) is 1. The molecule has 116 valence electrons. The highest BCUT2D eigenvalue weighted by atomic mass is 79.9. The largest absolute Gasteiger partial charge is 0.492 e. The minimum Gasteiger partial charge on any atom is -0.492 e. The number of hydrogen-bond acceptors (Lipinski definition) is 3. The lowest BCUT2D eigenvalue weighted by atomic mass is 10.0. The summed E-state index contributed by atoms with van der Waals surface area (Å²) in [7, 11) is 0. The van der Waals surface area contributed by atoms with Crippen LogP contribution in [0, 0.1) is 0 Å². The topological polar surface area (TPSA) is 55.6 Å². The van der Waals surface area contributed by atoms with Crippen molar-refractivity contribution in [2.24, 2.45) is 5.73 Å². The Morgan fingerprint density at radius 1 is 1.38 bits per heavy atom. The van der Waals surface area contributed by atoms with Crippen molar-refractivity contribution in [1.82, 2.24) is 4.90 Å². The quantitative estimate of drug-likeness (QED) is 0.799. The Kier molecular flexibility index (Phi) is 6.51. The molecule has 1 aromatic rings. The molecule has 1 saturated heterocycles. The third-order valence-corrected chi connectivity index (χ3v) is 4.50. The van der Waals surface area contributed by atoms with Gasteiger partial charge in [0.25, 0.3) is 0 Å². The molecule has 5 heteroatoms. The van der Waals surface area contributed by atoms with E-state index in [-0.39, 0.29) is 11.9 Å². The van der Waals surface area contributed by atoms with Gasteiger partial charge in [0, 0.05) is 25.6 Å². The van der Waals surface area contributed by atoms with E-state index in [0.29, 0.717) is 19.6 Å². The summed E-state index contributed by atoms with van der Waals surface area (Å²) in [5, 5.41) is 0. The number of nitrogens with zero attached hydrogens (tertiary/aromatic N) is 1. The molecule has 1 aliphatic heterocycles. The highest BCUT2D eigenvalue weighted by molar-refractivity contribution is 9.10. The summed E-state index contributed by atoms with van der Waals surface area (Å²) in [6.45, 7) is 1.97. The van der Waals surface area contributed by atoms with Crippen molar-refractivity contribution in [2.75, 3.05) is 19.7 Å². The summed E-state index contributed by atoms with van der Waals surface area (Å²) in [6, 6.07) is 7.98. The van der Waals surface area contributed by atoms with Crippen molar-refractivity contribution < 1.29 is 9.53 Å². The minimum absolute atomic E-state index is 0.209. The smallest absolute Gasteiger partial charge is 0.222 e. The van der Waals surface area contributed by atoms with Gasteiger partial charge >= 0.3 is 0 Å². The molecular formula is C16H23BrN2O2. The third kappa shape index (κ3) is 4.71. The van der Waals surface area contributed by atoms with Crippen LogP contribution in [0.25, 0.3) is 0 Å². The molecule has 21 heavy (non-hydrogen) atoms. The molecule has 2 N–H and O–H groups in total. The number of ether oxygens (including phenoxy) is 1. The fourth-order valence-electron chi connectivity index (χ4n) is 2.68. The van der Waals surface area contributed by atoms with Crippen LogP contribution < -0.4 is 10.5 Å². The van der Waals surface area contributed by atoms with Crippen LogP contribution in [-0.4, -0.2) is 36.5 Å². The predicted octanol–water partition coefficient (Wildman–Crippen LogP) is 2.95. The van der Waals surface area contributed by atoms with E-state index in [4.69, 9.17) is 10.5 Å². The first-order valence-electron chi connectivity index (χ1n) is 7.59. The van der Waals surface area contributed by atoms with E-state index in [1.807, 2.05) is 29.2 Å². The van der Waals surface area contributed by atoms with Crippen molar-refractivity contribution >= 4 is 21.8 Å². The molecule has 0 saturated carbocycles. The number of para-hydroxylation sites is 1. The van der Waals surface area contributed by atoms with E-state index in [0.717, 1.165) is 36.0 Å². The number of carbonyl (C=O) groups excluding carboxylic acids is 1. The maximum Gasteiger partial charge on any atom is 0.222 e. The summed E-state index contributed by atoms with van der Waals surface area (Å²) < 4.78 is 6.63. The fourth-order valence-corrected chi connectivity index (χ4v) is 3.08. The van der Waals surface area contributed by atoms with Gasteiger partial charge < -0.3 is 15.4 Å². The average Bonchev–Trinajstić information content (AvgIpc) is 2.52. The molecule has 4 nitrogen and oxygen atoms in total. The van der Waals surface area contributed by atoms with E-state index >= 15 is 0 Å². The molecule has 1 aliphatic rings. The molecule has 0 spiro atoms. The lowest BCUT2D eigenvalue weighted by Crippen LogP contribution is -2.47. The number of benzene rings is 1. The molecule has 1 aromatic carbocycles. The van der Waals surface area contributed by atoms with Gasteiger partial charge in [0.05, 0.1) is 11.1 Å². The van der Waals surface area contributed by atoms with Crippen LogP contribution in [0.5, 0.6) is 5.75 Å². The molecule has 0 radical (unpaired) electrons. The number of piperidine rings is 1. The summed E-state index contributed by atoms with van der Waals surface area (Å²) in [5.74, 6) is 1.03. The monoisotopic (exact) mass is 354 g/mol. The fraction of sp³-hybridized carbons (Fsp3) is 0.562. The second-order valence-electron chi connectivity index (χ2n) is 5.35. The predicted molar refractivity (Wildman–Crippen MR) is 87.3 cm³/mol. The Bertz CT molecular complexity index is 467. The second kappa shape index (κ2) is 8.39. The molecule has 1 atom stereocenters. The summed E-state index contributed by atoms with van der Waals surface area (Å²) in [6.07, 6.45) is 4.57. The van der Waals surface area contributed by atoms with Crippen LogP contribution in [0.4, 0.5) is 0 Å². The molecule has 2 rings (SSSR count). The second-order valence-corrected chi connectivity index (χ2v) is 6.21. The van der Waals surface area contributed by atoms with Crippen molar-refractivity contribution in [3.8, 4) is 5.75 Å². The van der Waals surface area contributed by atoms with Crippen LogP contribution >= 0.6 is 15.9 Å². The van der Waals surface area contributed by atoms with Crippen molar-refractivity contribution in [3.05, 3.63) is 28.7 Å². The van der Waals surface area contributed by atoms with E-state index in [1.165, 1.54) is 6.42 Å². The zero-order valence-corrected chi connectivity index (χ0v) is 13.8. The van der Waals surface area contributed by atoms with E-state index < -0.39 is 0 Å². The van der Waals surface area contributed by atoms with Crippen molar-refractivity contribution in [1.29, 1.82) is 0 Å². The van der Waals surface area contributed by atoms with Gasteiger partial charge in [-0.15, -0.1) is 0 Å². The average molecular weight is 355 g/mol. The van der Waals surface area contributed by atoms with E-state index in [9.17, 15) is 4.79 Å². The third-order valence-electron chi connectivity index (χ3n) is 3.85.